The monoisotopic (exact) mass is 989 g/mol. The lowest BCUT2D eigenvalue weighted by Gasteiger charge is -2.63. The van der Waals surface area contributed by atoms with Gasteiger partial charge in [0.25, 0.3) is 12.3 Å². The quantitative estimate of drug-likeness (QED) is 0.135. The normalized spacial score (nSPS) is 23.1. The van der Waals surface area contributed by atoms with Crippen LogP contribution in [-0.2, 0) is 31.2 Å². The van der Waals surface area contributed by atoms with Gasteiger partial charge in [-0.2, -0.15) is 15.5 Å². The van der Waals surface area contributed by atoms with Crippen molar-refractivity contribution in [2.75, 3.05) is 31.1 Å². The molecule has 0 unspecified atom stereocenters. The number of aromatic nitrogens is 6. The first-order chi connectivity index (χ1) is 34.0. The minimum atomic E-state index is -2.67. The van der Waals surface area contributed by atoms with Crippen LogP contribution in [0.1, 0.15) is 130 Å². The van der Waals surface area contributed by atoms with Gasteiger partial charge in [-0.15, -0.1) is 0 Å². The molecule has 15 nitrogen and oxygen atoms in total. The molecule has 0 spiro atoms. The number of nitriles is 1. The third-order valence-electron chi connectivity index (χ3n) is 16.0. The molecule has 2 amide bonds. The molecule has 6 heterocycles. The Bertz CT molecular complexity index is 2840. The smallest absolute Gasteiger partial charge is 0.316 e. The van der Waals surface area contributed by atoms with Crippen LogP contribution in [0.5, 0.6) is 11.8 Å². The molecular formula is C53H62ClF2N11O4. The molecule has 2 aromatic carbocycles. The predicted octanol–water partition coefficient (Wildman–Crippen LogP) is 9.16. The number of aryl methyl sites for hydroxylation is 2. The summed E-state index contributed by atoms with van der Waals surface area (Å²) in [5, 5.41) is 22.4. The minimum absolute atomic E-state index is 0.0158. The van der Waals surface area contributed by atoms with Crippen LogP contribution in [0.15, 0.2) is 55.1 Å². The molecule has 0 radical (unpaired) electrons. The standard InChI is InChI=1S/C53H62ClF2N11O4/c1-31(68)65-21-17-44-42(30-65)47(66-18-7-8-32-22-40(35-28-60-63(6)29-35)41(46(55)56)24-45(32)66)62-67(44)37-15-19-64(20-16-37)36-10-13-38(14-11-36)71-51-58-26-34(27-59-51)48(69)61-49-52(2,3)50(53(49,4)5)70-39-12-9-33(25-57)43(54)23-39/h9,12,22-24,26-29,36-38,46,49-50H,7-8,10-11,13-21,30H2,1-6H3,(H,61,69). The second-order valence-corrected chi connectivity index (χ2v) is 21.7. The number of benzene rings is 2. The first kappa shape index (κ1) is 48.5. The summed E-state index contributed by atoms with van der Waals surface area (Å²) in [6.07, 6.45) is 11.5. The van der Waals surface area contributed by atoms with Crippen molar-refractivity contribution < 1.29 is 27.8 Å². The third-order valence-corrected chi connectivity index (χ3v) is 16.3. The Morgan fingerprint density at radius 2 is 1.65 bits per heavy atom. The lowest BCUT2D eigenvalue weighted by molar-refractivity contribution is -0.164. The Labute approximate surface area is 418 Å². The second-order valence-electron chi connectivity index (χ2n) is 21.3. The maximum atomic E-state index is 14.8. The summed E-state index contributed by atoms with van der Waals surface area (Å²) in [7, 11) is 1.79. The zero-order valence-electron chi connectivity index (χ0n) is 41.3. The van der Waals surface area contributed by atoms with Crippen molar-refractivity contribution >= 4 is 34.9 Å². The SMILES string of the molecule is CC(=O)N1CCc2c(c(N3CCCc4cc(-c5cnn(C)c5)c(C(F)F)cc43)nn2C2CCN(C3CCC(Oc4ncc(C(=O)NC5C(C)(C)C(Oc6ccc(C#N)c(Cl)c6)C5(C)C)cn4)CC3)CC2)C1. The fourth-order valence-electron chi connectivity index (χ4n) is 12.6. The average molecular weight is 991 g/mol. The summed E-state index contributed by atoms with van der Waals surface area (Å²) >= 11 is 6.27. The van der Waals surface area contributed by atoms with Crippen molar-refractivity contribution in [3.63, 3.8) is 0 Å². The molecular weight excluding hydrogens is 928 g/mol. The van der Waals surface area contributed by atoms with E-state index in [4.69, 9.17) is 26.2 Å². The molecule has 3 aliphatic heterocycles. The molecule has 5 aliphatic rings. The van der Waals surface area contributed by atoms with Crippen LogP contribution < -0.4 is 19.7 Å². The lowest BCUT2D eigenvalue weighted by Crippen LogP contribution is -2.74. The number of piperidine rings is 1. The van der Waals surface area contributed by atoms with Crippen LogP contribution in [0.2, 0.25) is 5.02 Å². The number of nitrogens with one attached hydrogen (secondary N) is 1. The van der Waals surface area contributed by atoms with Crippen molar-refractivity contribution in [3.05, 3.63) is 93.7 Å². The third kappa shape index (κ3) is 9.22. The van der Waals surface area contributed by atoms with Gasteiger partial charge in [0.05, 0.1) is 34.9 Å². The highest BCUT2D eigenvalue weighted by Gasteiger charge is 2.64. The Morgan fingerprint density at radius 1 is 0.915 bits per heavy atom. The van der Waals surface area contributed by atoms with Gasteiger partial charge in [-0.25, -0.2) is 18.7 Å². The highest BCUT2D eigenvalue weighted by Crippen LogP contribution is 2.56. The number of amides is 2. The molecule has 18 heteroatoms. The zero-order valence-corrected chi connectivity index (χ0v) is 42.1. The number of halogens is 3. The van der Waals surface area contributed by atoms with Crippen molar-refractivity contribution in [3.8, 4) is 29.0 Å². The van der Waals surface area contributed by atoms with Crippen molar-refractivity contribution in [2.24, 2.45) is 17.9 Å². The molecule has 3 aromatic heterocycles. The number of likely N-dealkylation sites (tertiary alicyclic amines) is 1. The number of hydrogen-bond donors (Lipinski definition) is 1. The van der Waals surface area contributed by atoms with Crippen molar-refractivity contribution in [2.45, 2.75) is 136 Å². The van der Waals surface area contributed by atoms with E-state index >= 15 is 0 Å². The van der Waals surface area contributed by atoms with E-state index in [0.29, 0.717) is 65.1 Å². The van der Waals surface area contributed by atoms with Gasteiger partial charge >= 0.3 is 6.01 Å². The number of nitrogens with zero attached hydrogens (tertiary/aromatic N) is 10. The Morgan fingerprint density at radius 3 is 2.30 bits per heavy atom. The second kappa shape index (κ2) is 19.1. The average Bonchev–Trinajstić information content (AvgIpc) is 3.98. The number of anilines is 2. The Balaban J connectivity index is 0.746. The van der Waals surface area contributed by atoms with Gasteiger partial charge in [-0.1, -0.05) is 39.3 Å². The number of alkyl halides is 2. The van der Waals surface area contributed by atoms with Crippen LogP contribution in [0.4, 0.5) is 20.3 Å². The summed E-state index contributed by atoms with van der Waals surface area (Å²) in [6.45, 7) is 13.4. The molecule has 0 bridgehead atoms. The van der Waals surface area contributed by atoms with Crippen LogP contribution in [0.3, 0.4) is 0 Å². The fourth-order valence-corrected chi connectivity index (χ4v) is 12.8. The molecule has 1 N–H and O–H groups in total. The lowest BCUT2D eigenvalue weighted by atomic mass is 9.49. The van der Waals surface area contributed by atoms with E-state index in [-0.39, 0.29) is 47.7 Å². The minimum Gasteiger partial charge on any atom is -0.489 e. The highest BCUT2D eigenvalue weighted by atomic mass is 35.5. The van der Waals surface area contributed by atoms with E-state index in [1.165, 1.54) is 12.4 Å². The highest BCUT2D eigenvalue weighted by molar-refractivity contribution is 6.31. The van der Waals surface area contributed by atoms with Crippen LogP contribution in [-0.4, -0.2) is 102 Å². The summed E-state index contributed by atoms with van der Waals surface area (Å²) in [5.41, 5.74) is 5.01. The Hall–Kier alpha value is -6.12. The van der Waals surface area contributed by atoms with E-state index in [0.717, 1.165) is 92.8 Å². The maximum Gasteiger partial charge on any atom is 0.316 e. The van der Waals surface area contributed by atoms with Crippen molar-refractivity contribution in [1.82, 2.24) is 44.6 Å². The molecule has 2 saturated carbocycles. The largest absolute Gasteiger partial charge is 0.489 e. The molecule has 71 heavy (non-hydrogen) atoms. The van der Waals surface area contributed by atoms with E-state index in [9.17, 15) is 23.6 Å². The van der Waals surface area contributed by atoms with Gasteiger partial charge in [0.2, 0.25) is 5.91 Å². The van der Waals surface area contributed by atoms with E-state index < -0.39 is 17.3 Å². The number of ether oxygens (including phenoxy) is 2. The first-order valence-electron chi connectivity index (χ1n) is 25.0. The predicted molar refractivity (Wildman–Crippen MR) is 264 cm³/mol. The molecule has 3 fully saturated rings. The summed E-state index contributed by atoms with van der Waals surface area (Å²) < 4.78 is 46.1. The number of hydrogen-bond acceptors (Lipinski definition) is 11. The van der Waals surface area contributed by atoms with Gasteiger partial charge < -0.3 is 29.5 Å². The van der Waals surface area contributed by atoms with Gasteiger partial charge in [0, 0.05) is 122 Å². The summed E-state index contributed by atoms with van der Waals surface area (Å²) in [4.78, 5) is 41.7. The molecule has 5 aromatic rings. The van der Waals surface area contributed by atoms with Crippen LogP contribution in [0, 0.1) is 22.2 Å². The Kier molecular flexibility index (Phi) is 13.1. The van der Waals surface area contributed by atoms with Gasteiger partial charge in [0.15, 0.2) is 5.82 Å². The topological polar surface area (TPSA) is 160 Å². The molecule has 10 rings (SSSR count). The molecule has 0 atom stereocenters. The van der Waals surface area contributed by atoms with Gasteiger partial charge in [-0.3, -0.25) is 19.0 Å². The van der Waals surface area contributed by atoms with Crippen LogP contribution in [0.25, 0.3) is 11.1 Å². The number of carbonyl (C=O) groups is 2. The molecule has 2 aliphatic carbocycles. The zero-order chi connectivity index (χ0) is 49.9. The number of rotatable bonds is 11. The van der Waals surface area contributed by atoms with Gasteiger partial charge in [-0.05, 0) is 86.8 Å². The first-order valence-corrected chi connectivity index (χ1v) is 25.3. The number of fused-ring (bicyclic) bond motifs is 2. The molecule has 1 saturated heterocycles. The van der Waals surface area contributed by atoms with Crippen LogP contribution >= 0.6 is 11.6 Å². The van der Waals surface area contributed by atoms with E-state index in [1.807, 2.05) is 11.0 Å². The van der Waals surface area contributed by atoms with Crippen molar-refractivity contribution in [1.29, 1.82) is 5.26 Å². The van der Waals surface area contributed by atoms with Gasteiger partial charge in [0.1, 0.15) is 24.0 Å². The molecule has 374 valence electrons. The fraction of sp³-hybridized carbons (Fsp3) is 0.528. The maximum absolute atomic E-state index is 14.8. The van der Waals surface area contributed by atoms with E-state index in [1.54, 1.807) is 55.3 Å². The number of carbonyl (C=O) groups excluding carboxylic acids is 2. The summed E-state index contributed by atoms with van der Waals surface area (Å²) in [6, 6.07) is 11.4. The summed E-state index contributed by atoms with van der Waals surface area (Å²) in [5.74, 6) is 1.10. The van der Waals surface area contributed by atoms with E-state index in [2.05, 4.69) is 68.6 Å².